The van der Waals surface area contributed by atoms with Gasteiger partial charge in [-0.05, 0) is 18.2 Å². The standard InChI is InChI=1S/C13H15N3OS.ClH.4H2O/c14-13(15)12-8-9-10(2-1-3-11(9)18-12)16-4-6-17-7-5-16;;;;;/h1-3,8H,4-7H2,(H3,14,15);1H;4*1H2. The zero-order valence-corrected chi connectivity index (χ0v) is 14.0. The molecule has 3 rings (SSSR count). The van der Waals surface area contributed by atoms with E-state index in [0.29, 0.717) is 0 Å². The van der Waals surface area contributed by atoms with Crippen LogP contribution in [0.4, 0.5) is 5.69 Å². The summed E-state index contributed by atoms with van der Waals surface area (Å²) in [5.41, 5.74) is 6.79. The monoisotopic (exact) mass is 369 g/mol. The Morgan fingerprint density at radius 1 is 1.13 bits per heavy atom. The van der Waals surface area contributed by atoms with Crippen molar-refractivity contribution in [3.05, 3.63) is 29.1 Å². The number of nitrogen functional groups attached to an aromatic ring is 1. The second-order valence-electron chi connectivity index (χ2n) is 4.31. The van der Waals surface area contributed by atoms with Gasteiger partial charge in [-0.2, -0.15) is 0 Å². The fraction of sp³-hybridized carbons (Fsp3) is 0.308. The van der Waals surface area contributed by atoms with Gasteiger partial charge >= 0.3 is 0 Å². The first-order valence-corrected chi connectivity index (χ1v) is 6.77. The van der Waals surface area contributed by atoms with Crippen LogP contribution in [0.5, 0.6) is 0 Å². The number of thiophene rings is 1. The third-order valence-corrected chi connectivity index (χ3v) is 4.29. The average Bonchev–Trinajstić information content (AvgIpc) is 2.83. The quantitative estimate of drug-likeness (QED) is 0.515. The van der Waals surface area contributed by atoms with E-state index in [0.717, 1.165) is 31.2 Å². The molecule has 1 aliphatic heterocycles. The number of fused-ring (bicyclic) bond motifs is 1. The maximum absolute atomic E-state index is 7.54. The van der Waals surface area contributed by atoms with Crippen LogP contribution in [0.3, 0.4) is 0 Å². The zero-order valence-electron chi connectivity index (χ0n) is 12.4. The van der Waals surface area contributed by atoms with Crippen LogP contribution in [0.15, 0.2) is 24.3 Å². The lowest BCUT2D eigenvalue weighted by molar-refractivity contribution is 0.123. The number of nitrogens with one attached hydrogen (secondary N) is 1. The van der Waals surface area contributed by atoms with Crippen LogP contribution in [0.1, 0.15) is 4.88 Å². The lowest BCUT2D eigenvalue weighted by Gasteiger charge is -2.29. The third kappa shape index (κ3) is 5.29. The Balaban J connectivity index is -0.000000800. The summed E-state index contributed by atoms with van der Waals surface area (Å²) in [6.45, 7) is 3.40. The molecule has 8 nitrogen and oxygen atoms in total. The first kappa shape index (κ1) is 26.4. The molecule has 1 saturated heterocycles. The zero-order chi connectivity index (χ0) is 12.5. The highest BCUT2D eigenvalue weighted by Gasteiger charge is 2.15. The summed E-state index contributed by atoms with van der Waals surface area (Å²) in [5.74, 6) is 0.143. The van der Waals surface area contributed by atoms with Gasteiger partial charge in [-0.1, -0.05) is 6.07 Å². The van der Waals surface area contributed by atoms with E-state index in [1.165, 1.54) is 15.8 Å². The van der Waals surface area contributed by atoms with Gasteiger partial charge in [0, 0.05) is 28.9 Å². The van der Waals surface area contributed by atoms with Crippen molar-refractivity contribution < 1.29 is 26.6 Å². The Kier molecular flexibility index (Phi) is 12.8. The summed E-state index contributed by atoms with van der Waals surface area (Å²) in [6.07, 6.45) is 0. The Hall–Kier alpha value is -1.46. The maximum Gasteiger partial charge on any atom is 0.133 e. The van der Waals surface area contributed by atoms with Crippen LogP contribution < -0.4 is 10.6 Å². The maximum atomic E-state index is 7.54. The number of anilines is 1. The summed E-state index contributed by atoms with van der Waals surface area (Å²) < 4.78 is 6.57. The van der Waals surface area contributed by atoms with Crippen molar-refractivity contribution in [3.8, 4) is 0 Å². The molecule has 1 aromatic heterocycles. The Morgan fingerprint density at radius 3 is 2.30 bits per heavy atom. The van der Waals surface area contributed by atoms with Crippen molar-refractivity contribution in [2.75, 3.05) is 31.2 Å². The first-order chi connectivity index (χ1) is 8.75. The number of amidine groups is 1. The van der Waals surface area contributed by atoms with E-state index < -0.39 is 0 Å². The minimum atomic E-state index is 0. The molecule has 1 aliphatic rings. The smallest absolute Gasteiger partial charge is 0.133 e. The fourth-order valence-electron chi connectivity index (χ4n) is 2.26. The molecule has 10 heteroatoms. The minimum Gasteiger partial charge on any atom is -0.412 e. The van der Waals surface area contributed by atoms with Crippen LogP contribution in [0.2, 0.25) is 0 Å². The number of nitrogens with two attached hydrogens (primary N) is 1. The molecular formula is C13H24ClN3O5S. The van der Waals surface area contributed by atoms with E-state index in [2.05, 4.69) is 23.1 Å². The fourth-order valence-corrected chi connectivity index (χ4v) is 3.20. The molecular weight excluding hydrogens is 346 g/mol. The van der Waals surface area contributed by atoms with Gasteiger partial charge in [0.1, 0.15) is 5.84 Å². The van der Waals surface area contributed by atoms with Crippen molar-refractivity contribution in [2.45, 2.75) is 0 Å². The summed E-state index contributed by atoms with van der Waals surface area (Å²) in [5, 5.41) is 8.73. The van der Waals surface area contributed by atoms with Crippen LogP contribution in [-0.2, 0) is 4.74 Å². The van der Waals surface area contributed by atoms with Crippen molar-refractivity contribution in [2.24, 2.45) is 5.73 Å². The Labute approximate surface area is 144 Å². The van der Waals surface area contributed by atoms with E-state index in [4.69, 9.17) is 15.9 Å². The second-order valence-corrected chi connectivity index (χ2v) is 5.40. The molecule has 0 aliphatic carbocycles. The molecule has 2 heterocycles. The molecule has 1 fully saturated rings. The van der Waals surface area contributed by atoms with Gasteiger partial charge < -0.3 is 37.3 Å². The van der Waals surface area contributed by atoms with Gasteiger partial charge in [0.2, 0.25) is 0 Å². The highest BCUT2D eigenvalue weighted by Crippen LogP contribution is 2.33. The van der Waals surface area contributed by atoms with Gasteiger partial charge in [0.25, 0.3) is 0 Å². The molecule has 0 saturated carbocycles. The predicted molar refractivity (Wildman–Crippen MR) is 97.6 cm³/mol. The molecule has 0 radical (unpaired) electrons. The SMILES string of the molecule is Cl.N=C(N)c1cc2c(N3CCOCC3)cccc2s1.O.O.O.O. The molecule has 134 valence electrons. The number of morpholine rings is 1. The number of hydrogen-bond acceptors (Lipinski definition) is 4. The topological polar surface area (TPSA) is 188 Å². The van der Waals surface area contributed by atoms with Gasteiger partial charge in [-0.15, -0.1) is 23.7 Å². The lowest BCUT2D eigenvalue weighted by Crippen LogP contribution is -2.36. The Bertz CT molecular complexity index is 604. The predicted octanol–water partition coefficient (Wildman–Crippen LogP) is -0.855. The number of hydrogen-bond donors (Lipinski definition) is 2. The average molecular weight is 370 g/mol. The number of benzene rings is 1. The van der Waals surface area contributed by atoms with Gasteiger partial charge in [0.15, 0.2) is 0 Å². The molecule has 1 aromatic carbocycles. The molecule has 0 spiro atoms. The molecule has 2 aromatic rings. The minimum absolute atomic E-state index is 0. The summed E-state index contributed by atoms with van der Waals surface area (Å²) in [7, 11) is 0. The Morgan fingerprint density at radius 2 is 1.74 bits per heavy atom. The number of halogens is 1. The van der Waals surface area contributed by atoms with Crippen molar-refractivity contribution in [1.29, 1.82) is 5.41 Å². The van der Waals surface area contributed by atoms with Crippen molar-refractivity contribution in [1.82, 2.24) is 0 Å². The van der Waals surface area contributed by atoms with Gasteiger partial charge in [-0.3, -0.25) is 5.41 Å². The largest absolute Gasteiger partial charge is 0.412 e. The molecule has 0 bridgehead atoms. The highest BCUT2D eigenvalue weighted by molar-refractivity contribution is 7.20. The van der Waals surface area contributed by atoms with Crippen LogP contribution in [-0.4, -0.2) is 54.0 Å². The number of rotatable bonds is 2. The molecule has 23 heavy (non-hydrogen) atoms. The number of nitrogens with zero attached hydrogens (tertiary/aromatic N) is 1. The van der Waals surface area contributed by atoms with E-state index in [-0.39, 0.29) is 40.1 Å². The van der Waals surface area contributed by atoms with Crippen molar-refractivity contribution in [3.63, 3.8) is 0 Å². The van der Waals surface area contributed by atoms with E-state index in [1.54, 1.807) is 11.3 Å². The summed E-state index contributed by atoms with van der Waals surface area (Å²) >= 11 is 1.58. The first-order valence-electron chi connectivity index (χ1n) is 5.95. The number of ether oxygens (including phenoxy) is 1. The van der Waals surface area contributed by atoms with Gasteiger partial charge in [-0.25, -0.2) is 0 Å². The van der Waals surface area contributed by atoms with Crippen LogP contribution >= 0.6 is 23.7 Å². The molecule has 0 amide bonds. The van der Waals surface area contributed by atoms with Gasteiger partial charge in [0.05, 0.1) is 18.1 Å². The van der Waals surface area contributed by atoms with E-state index in [1.807, 2.05) is 6.07 Å². The second kappa shape index (κ2) is 11.1. The molecule has 11 N–H and O–H groups in total. The van der Waals surface area contributed by atoms with E-state index >= 15 is 0 Å². The van der Waals surface area contributed by atoms with Crippen LogP contribution in [0.25, 0.3) is 10.1 Å². The normalized spacial score (nSPS) is 12.6. The summed E-state index contributed by atoms with van der Waals surface area (Å²) in [4.78, 5) is 3.17. The highest BCUT2D eigenvalue weighted by atomic mass is 35.5. The van der Waals surface area contributed by atoms with Crippen molar-refractivity contribution >= 4 is 45.4 Å². The third-order valence-electron chi connectivity index (χ3n) is 3.16. The van der Waals surface area contributed by atoms with Crippen LogP contribution in [0, 0.1) is 5.41 Å². The lowest BCUT2D eigenvalue weighted by atomic mass is 10.2. The summed E-state index contributed by atoms with van der Waals surface area (Å²) in [6, 6.07) is 8.29. The molecule has 0 unspecified atom stereocenters. The van der Waals surface area contributed by atoms with E-state index in [9.17, 15) is 0 Å². The molecule has 0 atom stereocenters.